The lowest BCUT2D eigenvalue weighted by Crippen LogP contribution is -2.45. The van der Waals surface area contributed by atoms with Gasteiger partial charge in [0.1, 0.15) is 0 Å². The van der Waals surface area contributed by atoms with E-state index in [9.17, 15) is 13.2 Å². The summed E-state index contributed by atoms with van der Waals surface area (Å²) in [6, 6.07) is 14.0. The second kappa shape index (κ2) is 8.23. The molecule has 0 radical (unpaired) electrons. The Labute approximate surface area is 161 Å². The number of carbonyl (C=O) groups is 1. The van der Waals surface area contributed by atoms with Gasteiger partial charge in [0.25, 0.3) is 0 Å². The second-order valence-electron chi connectivity index (χ2n) is 7.21. The summed E-state index contributed by atoms with van der Waals surface area (Å²) in [6.45, 7) is 4.43. The van der Waals surface area contributed by atoms with Crippen LogP contribution in [0.3, 0.4) is 0 Å². The van der Waals surface area contributed by atoms with Crippen LogP contribution in [-0.2, 0) is 14.8 Å². The van der Waals surface area contributed by atoms with E-state index in [1.54, 1.807) is 30.3 Å². The van der Waals surface area contributed by atoms with Crippen LogP contribution in [0.15, 0.2) is 53.4 Å². The van der Waals surface area contributed by atoms with Crippen molar-refractivity contribution < 1.29 is 13.2 Å². The van der Waals surface area contributed by atoms with Gasteiger partial charge in [0.15, 0.2) is 0 Å². The number of amides is 1. The number of piperidine rings is 1. The van der Waals surface area contributed by atoms with Crippen LogP contribution in [0.4, 0.5) is 5.69 Å². The molecule has 6 heteroatoms. The van der Waals surface area contributed by atoms with Crippen LogP contribution in [0.5, 0.6) is 0 Å². The van der Waals surface area contributed by atoms with Gasteiger partial charge >= 0.3 is 0 Å². The predicted molar refractivity (Wildman–Crippen MR) is 107 cm³/mol. The minimum absolute atomic E-state index is 0.153. The van der Waals surface area contributed by atoms with E-state index >= 15 is 0 Å². The van der Waals surface area contributed by atoms with Crippen molar-refractivity contribution in [2.24, 2.45) is 0 Å². The van der Waals surface area contributed by atoms with Gasteiger partial charge in [-0.3, -0.25) is 4.79 Å². The van der Waals surface area contributed by atoms with E-state index in [-0.39, 0.29) is 23.3 Å². The number of hydrogen-bond donors (Lipinski definition) is 1. The summed E-state index contributed by atoms with van der Waals surface area (Å²) in [6.07, 6.45) is 2.62. The highest BCUT2D eigenvalue weighted by molar-refractivity contribution is 7.89. The topological polar surface area (TPSA) is 66.5 Å². The van der Waals surface area contributed by atoms with Gasteiger partial charge in [-0.25, -0.2) is 8.42 Å². The highest BCUT2D eigenvalue weighted by Gasteiger charge is 2.34. The first kappa shape index (κ1) is 19.6. The van der Waals surface area contributed by atoms with Gasteiger partial charge in [-0.05, 0) is 62.1 Å². The molecule has 0 saturated carbocycles. The highest BCUT2D eigenvalue weighted by Crippen LogP contribution is 2.27. The molecule has 2 aromatic rings. The molecule has 0 spiro atoms. The molecule has 0 aromatic heterocycles. The lowest BCUT2D eigenvalue weighted by molar-refractivity contribution is -0.117. The average molecular weight is 387 g/mol. The molecular weight excluding hydrogens is 360 g/mol. The Balaban J connectivity index is 1.75. The maximum Gasteiger partial charge on any atom is 0.243 e. The highest BCUT2D eigenvalue weighted by atomic mass is 32.2. The molecule has 0 aliphatic carbocycles. The minimum atomic E-state index is -3.59. The lowest BCUT2D eigenvalue weighted by Gasteiger charge is -2.34. The number of aryl methyl sites for hydroxylation is 2. The third-order valence-corrected chi connectivity index (χ3v) is 6.82. The molecule has 27 heavy (non-hydrogen) atoms. The van der Waals surface area contributed by atoms with Crippen LogP contribution in [0, 0.1) is 13.8 Å². The van der Waals surface area contributed by atoms with Crippen molar-refractivity contribution in [3.63, 3.8) is 0 Å². The number of rotatable bonds is 5. The van der Waals surface area contributed by atoms with Crippen molar-refractivity contribution in [1.29, 1.82) is 0 Å². The van der Waals surface area contributed by atoms with Gasteiger partial charge in [0.2, 0.25) is 15.9 Å². The van der Waals surface area contributed by atoms with Crippen LogP contribution >= 0.6 is 0 Å². The molecule has 2 aromatic carbocycles. The Morgan fingerprint density at radius 1 is 1.07 bits per heavy atom. The first-order valence-electron chi connectivity index (χ1n) is 9.31. The Bertz CT molecular complexity index is 890. The lowest BCUT2D eigenvalue weighted by atomic mass is 10.0. The van der Waals surface area contributed by atoms with Gasteiger partial charge in [0, 0.05) is 24.7 Å². The van der Waals surface area contributed by atoms with Crippen LogP contribution in [0.1, 0.15) is 36.8 Å². The fourth-order valence-corrected chi connectivity index (χ4v) is 5.41. The summed E-state index contributed by atoms with van der Waals surface area (Å²) < 4.78 is 27.5. The van der Waals surface area contributed by atoms with Crippen LogP contribution < -0.4 is 5.32 Å². The average Bonchev–Trinajstić information content (AvgIpc) is 2.62. The Morgan fingerprint density at radius 3 is 2.41 bits per heavy atom. The molecular formula is C21H26N2O3S. The fourth-order valence-electron chi connectivity index (χ4n) is 3.70. The first-order valence-corrected chi connectivity index (χ1v) is 10.8. The van der Waals surface area contributed by atoms with Gasteiger partial charge in [0.05, 0.1) is 4.90 Å². The number of anilines is 1. The van der Waals surface area contributed by atoms with Crippen molar-refractivity contribution in [3.05, 3.63) is 59.7 Å². The fraction of sp³-hybridized carbons (Fsp3) is 0.381. The van der Waals surface area contributed by atoms with Crippen molar-refractivity contribution >= 4 is 21.6 Å². The number of benzene rings is 2. The van der Waals surface area contributed by atoms with E-state index in [1.807, 2.05) is 32.0 Å². The zero-order valence-corrected chi connectivity index (χ0v) is 16.6. The monoisotopic (exact) mass is 386 g/mol. The van der Waals surface area contributed by atoms with Crippen LogP contribution in [-0.4, -0.2) is 31.2 Å². The van der Waals surface area contributed by atoms with E-state index in [1.165, 1.54) is 4.31 Å². The molecule has 1 saturated heterocycles. The standard InChI is InChI=1S/C21H26N2O3S/c1-16-12-17(2)14-18(13-16)22-21(24)15-19-8-6-7-11-23(19)27(25,26)20-9-4-3-5-10-20/h3-5,9-10,12-14,19H,6-8,11,15H2,1-2H3,(H,22,24)/t19-/m0/s1. The molecule has 1 heterocycles. The van der Waals surface area contributed by atoms with E-state index in [0.717, 1.165) is 29.7 Å². The van der Waals surface area contributed by atoms with Crippen LogP contribution in [0.25, 0.3) is 0 Å². The second-order valence-corrected chi connectivity index (χ2v) is 9.10. The summed E-state index contributed by atoms with van der Waals surface area (Å²) in [5.41, 5.74) is 2.92. The summed E-state index contributed by atoms with van der Waals surface area (Å²) in [7, 11) is -3.59. The minimum Gasteiger partial charge on any atom is -0.326 e. The van der Waals surface area contributed by atoms with E-state index in [4.69, 9.17) is 0 Å². The third kappa shape index (κ3) is 4.76. The number of hydrogen-bond acceptors (Lipinski definition) is 3. The Hall–Kier alpha value is -2.18. The zero-order chi connectivity index (χ0) is 19.4. The quantitative estimate of drug-likeness (QED) is 0.848. The summed E-state index contributed by atoms with van der Waals surface area (Å²) in [5.74, 6) is -0.153. The molecule has 144 valence electrons. The SMILES string of the molecule is Cc1cc(C)cc(NC(=O)C[C@@H]2CCCCN2S(=O)(=O)c2ccccc2)c1. The summed E-state index contributed by atoms with van der Waals surface area (Å²) >= 11 is 0. The molecule has 0 unspecified atom stereocenters. The number of nitrogens with zero attached hydrogens (tertiary/aromatic N) is 1. The molecule has 1 fully saturated rings. The normalized spacial score (nSPS) is 18.2. The molecule has 1 atom stereocenters. The summed E-state index contributed by atoms with van der Waals surface area (Å²) in [5, 5.41) is 2.92. The first-order chi connectivity index (χ1) is 12.9. The van der Waals surface area contributed by atoms with Crippen molar-refractivity contribution in [2.45, 2.75) is 50.5 Å². The molecule has 3 rings (SSSR count). The molecule has 1 N–H and O–H groups in total. The van der Waals surface area contributed by atoms with Crippen molar-refractivity contribution in [2.75, 3.05) is 11.9 Å². The Morgan fingerprint density at radius 2 is 1.74 bits per heavy atom. The zero-order valence-electron chi connectivity index (χ0n) is 15.8. The number of carbonyl (C=O) groups excluding carboxylic acids is 1. The molecule has 1 aliphatic rings. The number of sulfonamides is 1. The van der Waals surface area contributed by atoms with Gasteiger partial charge in [-0.2, -0.15) is 4.31 Å². The number of nitrogens with one attached hydrogen (secondary N) is 1. The van der Waals surface area contributed by atoms with Crippen LogP contribution in [0.2, 0.25) is 0 Å². The third-order valence-electron chi connectivity index (χ3n) is 4.85. The molecule has 1 aliphatic heterocycles. The largest absolute Gasteiger partial charge is 0.326 e. The van der Waals surface area contributed by atoms with Crippen molar-refractivity contribution in [1.82, 2.24) is 4.31 Å². The molecule has 1 amide bonds. The van der Waals surface area contributed by atoms with Gasteiger partial charge in [-0.15, -0.1) is 0 Å². The molecule has 5 nitrogen and oxygen atoms in total. The summed E-state index contributed by atoms with van der Waals surface area (Å²) in [4.78, 5) is 12.9. The maximum absolute atomic E-state index is 13.0. The maximum atomic E-state index is 13.0. The Kier molecular flexibility index (Phi) is 5.97. The van der Waals surface area contributed by atoms with E-state index in [0.29, 0.717) is 13.0 Å². The van der Waals surface area contributed by atoms with E-state index < -0.39 is 10.0 Å². The van der Waals surface area contributed by atoms with Gasteiger partial charge in [-0.1, -0.05) is 30.7 Å². The van der Waals surface area contributed by atoms with Gasteiger partial charge < -0.3 is 5.32 Å². The predicted octanol–water partition coefficient (Wildman–Crippen LogP) is 3.88. The van der Waals surface area contributed by atoms with Crippen molar-refractivity contribution in [3.8, 4) is 0 Å². The van der Waals surface area contributed by atoms with E-state index in [2.05, 4.69) is 5.32 Å². The molecule has 0 bridgehead atoms. The smallest absolute Gasteiger partial charge is 0.243 e.